The highest BCUT2D eigenvalue weighted by atomic mass is 32.2. The van der Waals surface area contributed by atoms with Crippen LogP contribution in [-0.2, 0) is 23.0 Å². The maximum atomic E-state index is 13.0. The summed E-state index contributed by atoms with van der Waals surface area (Å²) in [6.45, 7) is 0.925. The quantitative estimate of drug-likeness (QED) is 0.728. The molecule has 0 radical (unpaired) electrons. The lowest BCUT2D eigenvalue weighted by atomic mass is 9.99. The molecule has 0 aliphatic carbocycles. The molecule has 0 fully saturated rings. The second-order valence-electron chi connectivity index (χ2n) is 6.50. The van der Waals surface area contributed by atoms with Crippen LogP contribution in [0.5, 0.6) is 0 Å². The van der Waals surface area contributed by atoms with Crippen molar-refractivity contribution in [1.82, 2.24) is 4.90 Å². The first kappa shape index (κ1) is 18.2. The largest absolute Gasteiger partial charge is 0.459 e. The molecule has 0 saturated carbocycles. The number of hydrogen-bond acceptors (Lipinski definition) is 4. The molecule has 6 nitrogen and oxygen atoms in total. The van der Waals surface area contributed by atoms with E-state index in [1.807, 2.05) is 6.07 Å². The number of carbonyl (C=O) groups is 1. The van der Waals surface area contributed by atoms with E-state index >= 15 is 0 Å². The number of furan rings is 1. The van der Waals surface area contributed by atoms with E-state index in [0.29, 0.717) is 25.2 Å². The molecule has 4 rings (SSSR count). The zero-order valence-electron chi connectivity index (χ0n) is 14.8. The summed E-state index contributed by atoms with van der Waals surface area (Å²) in [5.41, 5.74) is 2.31. The van der Waals surface area contributed by atoms with Gasteiger partial charge in [-0.1, -0.05) is 6.07 Å². The number of benzene rings is 2. The van der Waals surface area contributed by atoms with Gasteiger partial charge < -0.3 is 9.32 Å². The minimum Gasteiger partial charge on any atom is -0.459 e. The number of carbonyl (C=O) groups excluding carboxylic acids is 1. The van der Waals surface area contributed by atoms with Gasteiger partial charge in [-0.2, -0.15) is 0 Å². The van der Waals surface area contributed by atoms with Crippen LogP contribution in [0, 0.1) is 5.82 Å². The standard InChI is InChI=1S/C20H17FN2O4S/c21-16-4-7-18(8-5-16)28(25,26)22-17-6-3-14-9-10-23(13-15(14)12-17)20(24)19-2-1-11-27-19/h1-8,11-12,22H,9-10,13H2. The highest BCUT2D eigenvalue weighted by Crippen LogP contribution is 2.25. The Hall–Kier alpha value is -3.13. The molecule has 0 spiro atoms. The maximum Gasteiger partial charge on any atom is 0.289 e. The van der Waals surface area contributed by atoms with Gasteiger partial charge >= 0.3 is 0 Å². The summed E-state index contributed by atoms with van der Waals surface area (Å²) in [5, 5.41) is 0. The molecule has 0 saturated heterocycles. The maximum absolute atomic E-state index is 13.0. The Labute approximate surface area is 161 Å². The number of amides is 1. The highest BCUT2D eigenvalue weighted by molar-refractivity contribution is 7.92. The number of anilines is 1. The zero-order valence-corrected chi connectivity index (χ0v) is 15.6. The summed E-state index contributed by atoms with van der Waals surface area (Å²) in [4.78, 5) is 14.1. The molecule has 0 atom stereocenters. The van der Waals surface area contributed by atoms with Crippen LogP contribution in [0.15, 0.2) is 70.2 Å². The minimum atomic E-state index is -3.83. The molecule has 1 aliphatic rings. The molecule has 1 amide bonds. The summed E-state index contributed by atoms with van der Waals surface area (Å²) in [5.74, 6) is -0.432. The number of hydrogen-bond donors (Lipinski definition) is 1. The van der Waals surface area contributed by atoms with Crippen LogP contribution in [0.4, 0.5) is 10.1 Å². The van der Waals surface area contributed by atoms with Crippen LogP contribution < -0.4 is 4.72 Å². The van der Waals surface area contributed by atoms with E-state index in [4.69, 9.17) is 4.42 Å². The van der Waals surface area contributed by atoms with E-state index in [0.717, 1.165) is 23.3 Å². The Morgan fingerprint density at radius 3 is 2.57 bits per heavy atom. The Morgan fingerprint density at radius 1 is 1.07 bits per heavy atom. The van der Waals surface area contributed by atoms with Crippen LogP contribution in [0.1, 0.15) is 21.7 Å². The normalized spacial score (nSPS) is 13.8. The average molecular weight is 400 g/mol. The van der Waals surface area contributed by atoms with Gasteiger partial charge in [0.25, 0.3) is 15.9 Å². The van der Waals surface area contributed by atoms with E-state index in [-0.39, 0.29) is 16.6 Å². The Balaban J connectivity index is 1.55. The number of rotatable bonds is 4. The van der Waals surface area contributed by atoms with Crippen LogP contribution in [0.3, 0.4) is 0 Å². The first-order valence-corrected chi connectivity index (χ1v) is 10.1. The number of nitrogens with zero attached hydrogens (tertiary/aromatic N) is 1. The van der Waals surface area contributed by atoms with Crippen molar-refractivity contribution in [3.8, 4) is 0 Å². The first-order chi connectivity index (χ1) is 13.4. The van der Waals surface area contributed by atoms with Crippen molar-refractivity contribution in [2.45, 2.75) is 17.9 Å². The zero-order chi connectivity index (χ0) is 19.7. The van der Waals surface area contributed by atoms with Gasteiger partial charge in [0.15, 0.2) is 5.76 Å². The van der Waals surface area contributed by atoms with E-state index in [1.165, 1.54) is 18.4 Å². The molecular weight excluding hydrogens is 383 g/mol. The van der Waals surface area contributed by atoms with Gasteiger partial charge in [-0.3, -0.25) is 9.52 Å². The molecule has 1 aliphatic heterocycles. The van der Waals surface area contributed by atoms with Gasteiger partial charge in [0, 0.05) is 18.8 Å². The Morgan fingerprint density at radius 2 is 1.86 bits per heavy atom. The van der Waals surface area contributed by atoms with Crippen LogP contribution in [0.25, 0.3) is 0 Å². The fourth-order valence-corrected chi connectivity index (χ4v) is 4.23. The number of fused-ring (bicyclic) bond motifs is 1. The predicted molar refractivity (Wildman–Crippen MR) is 101 cm³/mol. The second-order valence-corrected chi connectivity index (χ2v) is 8.18. The van der Waals surface area contributed by atoms with Crippen molar-refractivity contribution < 1.29 is 22.0 Å². The molecule has 1 N–H and O–H groups in total. The van der Waals surface area contributed by atoms with Crippen molar-refractivity contribution in [2.75, 3.05) is 11.3 Å². The van der Waals surface area contributed by atoms with E-state index in [2.05, 4.69) is 4.72 Å². The third-order valence-corrected chi connectivity index (χ3v) is 6.01. The summed E-state index contributed by atoms with van der Waals surface area (Å²) in [6.07, 6.45) is 2.13. The molecule has 2 aromatic carbocycles. The molecular formula is C20H17FN2O4S. The lowest BCUT2D eigenvalue weighted by molar-refractivity contribution is 0.0702. The van der Waals surface area contributed by atoms with E-state index in [1.54, 1.807) is 29.2 Å². The van der Waals surface area contributed by atoms with Crippen molar-refractivity contribution in [2.24, 2.45) is 0 Å². The van der Waals surface area contributed by atoms with Crippen LogP contribution >= 0.6 is 0 Å². The molecule has 0 unspecified atom stereocenters. The lowest BCUT2D eigenvalue weighted by Gasteiger charge is -2.28. The second kappa shape index (κ2) is 7.12. The molecule has 1 aromatic heterocycles. The summed E-state index contributed by atoms with van der Waals surface area (Å²) in [7, 11) is -3.83. The highest BCUT2D eigenvalue weighted by Gasteiger charge is 2.24. The van der Waals surface area contributed by atoms with Crippen LogP contribution in [0.2, 0.25) is 0 Å². The fraction of sp³-hybridized carbons (Fsp3) is 0.150. The lowest BCUT2D eigenvalue weighted by Crippen LogP contribution is -2.35. The minimum absolute atomic E-state index is 0.0266. The van der Waals surface area contributed by atoms with Gasteiger partial charge in [-0.25, -0.2) is 12.8 Å². The molecule has 2 heterocycles. The summed E-state index contributed by atoms with van der Waals surface area (Å²) >= 11 is 0. The Bertz CT molecular complexity index is 1110. The van der Waals surface area contributed by atoms with E-state index < -0.39 is 15.8 Å². The van der Waals surface area contributed by atoms with Gasteiger partial charge in [0.2, 0.25) is 0 Å². The third-order valence-electron chi connectivity index (χ3n) is 4.61. The van der Waals surface area contributed by atoms with Crippen LogP contribution in [-0.4, -0.2) is 25.8 Å². The third kappa shape index (κ3) is 3.63. The summed E-state index contributed by atoms with van der Waals surface area (Å²) in [6, 6.07) is 13.1. The van der Waals surface area contributed by atoms with Crippen molar-refractivity contribution in [3.63, 3.8) is 0 Å². The topological polar surface area (TPSA) is 79.6 Å². The number of halogens is 1. The molecule has 0 bridgehead atoms. The van der Waals surface area contributed by atoms with Gasteiger partial charge in [0.05, 0.1) is 11.2 Å². The SMILES string of the molecule is O=C(c1ccco1)N1CCc2ccc(NS(=O)(=O)c3ccc(F)cc3)cc2C1. The molecule has 144 valence electrons. The van der Waals surface area contributed by atoms with Gasteiger partial charge in [-0.05, 0) is 66.1 Å². The monoisotopic (exact) mass is 400 g/mol. The average Bonchev–Trinajstić information content (AvgIpc) is 3.21. The summed E-state index contributed by atoms with van der Waals surface area (Å²) < 4.78 is 45.7. The number of sulfonamides is 1. The molecule has 28 heavy (non-hydrogen) atoms. The van der Waals surface area contributed by atoms with Gasteiger partial charge in [0.1, 0.15) is 5.82 Å². The molecule has 8 heteroatoms. The first-order valence-electron chi connectivity index (χ1n) is 8.65. The van der Waals surface area contributed by atoms with Crippen molar-refractivity contribution >= 4 is 21.6 Å². The molecule has 3 aromatic rings. The van der Waals surface area contributed by atoms with E-state index in [9.17, 15) is 17.6 Å². The smallest absolute Gasteiger partial charge is 0.289 e. The predicted octanol–water partition coefficient (Wildman–Crippen LogP) is 3.42. The number of nitrogens with one attached hydrogen (secondary N) is 1. The van der Waals surface area contributed by atoms with Crippen molar-refractivity contribution in [1.29, 1.82) is 0 Å². The fourth-order valence-electron chi connectivity index (χ4n) is 3.18. The van der Waals surface area contributed by atoms with Gasteiger partial charge in [-0.15, -0.1) is 0 Å². The van der Waals surface area contributed by atoms with Crippen molar-refractivity contribution in [3.05, 3.63) is 83.6 Å². The Kier molecular flexibility index (Phi) is 4.64.